The van der Waals surface area contributed by atoms with Crippen molar-refractivity contribution in [3.05, 3.63) is 10.6 Å². The number of hydrogen-bond acceptors (Lipinski definition) is 6. The molecule has 2 atom stereocenters. The monoisotopic (exact) mass is 312 g/mol. The van der Waals surface area contributed by atoms with Crippen molar-refractivity contribution in [2.75, 3.05) is 25.6 Å². The van der Waals surface area contributed by atoms with Gasteiger partial charge in [0.25, 0.3) is 0 Å². The van der Waals surface area contributed by atoms with Crippen molar-refractivity contribution in [3.63, 3.8) is 0 Å². The molecule has 0 amide bonds. The van der Waals surface area contributed by atoms with Crippen LogP contribution in [0.25, 0.3) is 0 Å². The predicted octanol–water partition coefficient (Wildman–Crippen LogP) is 3.10. The fourth-order valence-corrected chi connectivity index (χ4v) is 3.60. The molecule has 21 heavy (non-hydrogen) atoms. The topological polar surface area (TPSA) is 60.5 Å². The third kappa shape index (κ3) is 3.95. The molecule has 1 fully saturated rings. The molecule has 0 radical (unpaired) electrons. The number of esters is 1. The van der Waals surface area contributed by atoms with Crippen LogP contribution in [-0.4, -0.2) is 37.3 Å². The lowest BCUT2D eigenvalue weighted by Gasteiger charge is -2.34. The zero-order valence-electron chi connectivity index (χ0n) is 13.1. The zero-order chi connectivity index (χ0) is 15.4. The van der Waals surface area contributed by atoms with Gasteiger partial charge in [0, 0.05) is 23.9 Å². The molecule has 0 saturated carbocycles. The van der Waals surface area contributed by atoms with E-state index in [9.17, 15) is 4.79 Å². The third-order valence-electron chi connectivity index (χ3n) is 3.84. The summed E-state index contributed by atoms with van der Waals surface area (Å²) in [5.41, 5.74) is 0.408. The summed E-state index contributed by atoms with van der Waals surface area (Å²) in [6, 6.07) is 0. The van der Waals surface area contributed by atoms with Crippen LogP contribution in [0.3, 0.4) is 0 Å². The van der Waals surface area contributed by atoms with Crippen LogP contribution in [0.15, 0.2) is 0 Å². The van der Waals surface area contributed by atoms with E-state index in [1.165, 1.54) is 24.9 Å². The maximum atomic E-state index is 11.6. The number of ether oxygens (including phenoxy) is 2. The standard InChI is InChI=1S/C15H24N2O3S/c1-9(2)13-11(6-5-7-20-13)8-16-15-17-12(10(3)21-15)14(18)19-4/h9,11,13H,5-8H2,1-4H3,(H,16,17)/t11-,13+/m0/s1. The van der Waals surface area contributed by atoms with Crippen LogP contribution in [-0.2, 0) is 9.47 Å². The Bertz CT molecular complexity index is 487. The van der Waals surface area contributed by atoms with E-state index in [1.54, 1.807) is 0 Å². The molecule has 1 aromatic heterocycles. The van der Waals surface area contributed by atoms with Crippen LogP contribution in [0, 0.1) is 18.8 Å². The van der Waals surface area contributed by atoms with Crippen LogP contribution < -0.4 is 5.32 Å². The predicted molar refractivity (Wildman–Crippen MR) is 84.0 cm³/mol. The van der Waals surface area contributed by atoms with Gasteiger partial charge in [-0.05, 0) is 25.7 Å². The summed E-state index contributed by atoms with van der Waals surface area (Å²) in [5, 5.41) is 4.14. The number of anilines is 1. The van der Waals surface area contributed by atoms with Gasteiger partial charge in [-0.15, -0.1) is 11.3 Å². The van der Waals surface area contributed by atoms with E-state index in [0.717, 1.165) is 29.6 Å². The molecule has 1 aliphatic heterocycles. The van der Waals surface area contributed by atoms with Crippen LogP contribution in [0.2, 0.25) is 0 Å². The lowest BCUT2D eigenvalue weighted by molar-refractivity contribution is -0.0480. The van der Waals surface area contributed by atoms with Crippen molar-refractivity contribution >= 4 is 22.4 Å². The first-order chi connectivity index (χ1) is 10.0. The minimum Gasteiger partial charge on any atom is -0.464 e. The second-order valence-electron chi connectivity index (χ2n) is 5.78. The van der Waals surface area contributed by atoms with Crippen LogP contribution in [0.1, 0.15) is 42.1 Å². The molecular formula is C15H24N2O3S. The number of methoxy groups -OCH3 is 1. The fourth-order valence-electron chi connectivity index (χ4n) is 2.80. The Morgan fingerprint density at radius 2 is 2.33 bits per heavy atom. The van der Waals surface area contributed by atoms with Crippen molar-refractivity contribution in [2.45, 2.75) is 39.7 Å². The quantitative estimate of drug-likeness (QED) is 0.847. The number of nitrogens with one attached hydrogen (secondary N) is 1. The van der Waals surface area contributed by atoms with Crippen molar-refractivity contribution < 1.29 is 14.3 Å². The van der Waals surface area contributed by atoms with Gasteiger partial charge < -0.3 is 14.8 Å². The number of carbonyl (C=O) groups excluding carboxylic acids is 1. The molecule has 6 heteroatoms. The molecule has 0 aromatic carbocycles. The molecule has 0 spiro atoms. The number of rotatable bonds is 5. The maximum absolute atomic E-state index is 11.6. The summed E-state index contributed by atoms with van der Waals surface area (Å²) in [6.45, 7) is 7.98. The van der Waals surface area contributed by atoms with Crippen molar-refractivity contribution in [1.82, 2.24) is 4.98 Å². The number of carbonyl (C=O) groups is 1. The Kier molecular flexibility index (Phi) is 5.58. The van der Waals surface area contributed by atoms with Gasteiger partial charge in [0.05, 0.1) is 13.2 Å². The van der Waals surface area contributed by atoms with Gasteiger partial charge in [-0.2, -0.15) is 0 Å². The highest BCUT2D eigenvalue weighted by molar-refractivity contribution is 7.15. The minimum atomic E-state index is -0.377. The van der Waals surface area contributed by atoms with Crippen LogP contribution in [0.5, 0.6) is 0 Å². The summed E-state index contributed by atoms with van der Waals surface area (Å²) >= 11 is 1.49. The Labute approximate surface area is 130 Å². The van der Waals surface area contributed by atoms with Gasteiger partial charge in [0.2, 0.25) is 0 Å². The zero-order valence-corrected chi connectivity index (χ0v) is 14.0. The lowest BCUT2D eigenvalue weighted by Crippen LogP contribution is -2.37. The molecule has 1 aliphatic rings. The van der Waals surface area contributed by atoms with E-state index in [-0.39, 0.29) is 5.97 Å². The van der Waals surface area contributed by atoms with Gasteiger partial charge in [-0.1, -0.05) is 13.8 Å². The third-order valence-corrected chi connectivity index (χ3v) is 4.77. The largest absolute Gasteiger partial charge is 0.464 e. The average Bonchev–Trinajstić information content (AvgIpc) is 2.85. The van der Waals surface area contributed by atoms with Crippen LogP contribution >= 0.6 is 11.3 Å². The Morgan fingerprint density at radius 1 is 1.57 bits per heavy atom. The number of aryl methyl sites for hydroxylation is 1. The van der Waals surface area contributed by atoms with Gasteiger partial charge in [-0.3, -0.25) is 0 Å². The highest BCUT2D eigenvalue weighted by Gasteiger charge is 2.28. The highest BCUT2D eigenvalue weighted by atomic mass is 32.1. The van der Waals surface area contributed by atoms with Gasteiger partial charge in [0.1, 0.15) is 0 Å². The summed E-state index contributed by atoms with van der Waals surface area (Å²) in [6.07, 6.45) is 2.58. The first kappa shape index (κ1) is 16.2. The van der Waals surface area contributed by atoms with E-state index in [1.807, 2.05) is 6.92 Å². The Hall–Kier alpha value is -1.14. The minimum absolute atomic E-state index is 0.299. The van der Waals surface area contributed by atoms with Gasteiger partial charge in [-0.25, -0.2) is 9.78 Å². The van der Waals surface area contributed by atoms with E-state index >= 15 is 0 Å². The van der Waals surface area contributed by atoms with Gasteiger partial charge in [0.15, 0.2) is 10.8 Å². The van der Waals surface area contributed by atoms with Crippen molar-refractivity contribution in [1.29, 1.82) is 0 Å². The number of hydrogen-bond donors (Lipinski definition) is 1. The fraction of sp³-hybridized carbons (Fsp3) is 0.733. The molecule has 118 valence electrons. The first-order valence-corrected chi connectivity index (χ1v) is 8.25. The lowest BCUT2D eigenvalue weighted by atomic mass is 9.87. The molecule has 1 N–H and O–H groups in total. The normalized spacial score (nSPS) is 22.3. The summed E-state index contributed by atoms with van der Waals surface area (Å²) < 4.78 is 10.6. The second-order valence-corrected chi connectivity index (χ2v) is 6.98. The number of nitrogens with zero attached hydrogens (tertiary/aromatic N) is 1. The molecule has 1 saturated heterocycles. The Morgan fingerprint density at radius 3 is 3.00 bits per heavy atom. The second kappa shape index (κ2) is 7.22. The van der Waals surface area contributed by atoms with Crippen molar-refractivity contribution in [2.24, 2.45) is 11.8 Å². The average molecular weight is 312 g/mol. The van der Waals surface area contributed by atoms with E-state index < -0.39 is 0 Å². The highest BCUT2D eigenvalue weighted by Crippen LogP contribution is 2.28. The summed E-state index contributed by atoms with van der Waals surface area (Å²) in [5.74, 6) is 0.628. The van der Waals surface area contributed by atoms with E-state index in [2.05, 4.69) is 24.1 Å². The van der Waals surface area contributed by atoms with Gasteiger partial charge >= 0.3 is 5.97 Å². The molecular weight excluding hydrogens is 288 g/mol. The molecule has 2 rings (SSSR count). The van der Waals surface area contributed by atoms with Crippen molar-refractivity contribution in [3.8, 4) is 0 Å². The molecule has 2 heterocycles. The molecule has 1 aromatic rings. The Balaban J connectivity index is 1.97. The SMILES string of the molecule is COC(=O)c1nc(NC[C@@H]2CCCO[C@@H]2C(C)C)sc1C. The summed E-state index contributed by atoms with van der Waals surface area (Å²) in [7, 11) is 1.38. The number of aromatic nitrogens is 1. The number of thiazole rings is 1. The van der Waals surface area contributed by atoms with Crippen LogP contribution in [0.4, 0.5) is 5.13 Å². The van der Waals surface area contributed by atoms with E-state index in [4.69, 9.17) is 9.47 Å². The molecule has 0 bridgehead atoms. The maximum Gasteiger partial charge on any atom is 0.357 e. The first-order valence-electron chi connectivity index (χ1n) is 7.44. The summed E-state index contributed by atoms with van der Waals surface area (Å²) in [4.78, 5) is 16.8. The molecule has 0 aliphatic carbocycles. The molecule has 0 unspecified atom stereocenters. The molecule has 5 nitrogen and oxygen atoms in total. The van der Waals surface area contributed by atoms with E-state index in [0.29, 0.717) is 23.6 Å². The smallest absolute Gasteiger partial charge is 0.357 e.